The number of amides is 1. The van der Waals surface area contributed by atoms with Crippen molar-refractivity contribution in [1.82, 2.24) is 5.32 Å². The van der Waals surface area contributed by atoms with E-state index in [1.807, 2.05) is 6.07 Å². The Morgan fingerprint density at radius 1 is 1.53 bits per heavy atom. The number of nitrogens with one attached hydrogen (secondary N) is 1. The first kappa shape index (κ1) is 12.1. The van der Waals surface area contributed by atoms with Crippen LogP contribution in [0.25, 0.3) is 0 Å². The van der Waals surface area contributed by atoms with E-state index < -0.39 is 0 Å². The Morgan fingerprint density at radius 2 is 2.35 bits per heavy atom. The van der Waals surface area contributed by atoms with Gasteiger partial charge in [-0.3, -0.25) is 4.79 Å². The van der Waals surface area contributed by atoms with Crippen LogP contribution in [0.1, 0.15) is 44.1 Å². The number of unbranched alkanes of at least 4 members (excludes halogenated alkanes) is 1. The van der Waals surface area contributed by atoms with E-state index in [9.17, 15) is 9.18 Å². The van der Waals surface area contributed by atoms with Crippen molar-refractivity contribution >= 4 is 5.91 Å². The molecule has 1 aromatic rings. The molecule has 1 aromatic carbocycles. The Bertz CT molecular complexity index is 405. The molecule has 1 N–H and O–H groups in total. The summed E-state index contributed by atoms with van der Waals surface area (Å²) < 4.78 is 13.0. The molecule has 3 heteroatoms. The lowest BCUT2D eigenvalue weighted by Crippen LogP contribution is -2.26. The summed E-state index contributed by atoms with van der Waals surface area (Å²) in [6, 6.07) is 6.86. The average Bonchev–Trinajstić information content (AvgIpc) is 3.05. The molecule has 2 rings (SSSR count). The lowest BCUT2D eigenvalue weighted by atomic mass is 10.1. The van der Waals surface area contributed by atoms with Crippen LogP contribution in [0.3, 0.4) is 0 Å². The highest BCUT2D eigenvalue weighted by Crippen LogP contribution is 2.40. The molecule has 1 aliphatic carbocycles. The minimum Gasteiger partial charge on any atom is -0.353 e. The molecule has 0 saturated heterocycles. The van der Waals surface area contributed by atoms with E-state index in [1.165, 1.54) is 6.07 Å². The number of benzene rings is 1. The first-order valence-electron chi connectivity index (χ1n) is 6.25. The van der Waals surface area contributed by atoms with E-state index in [1.54, 1.807) is 12.1 Å². The molecule has 17 heavy (non-hydrogen) atoms. The Morgan fingerprint density at radius 3 is 3.06 bits per heavy atom. The molecule has 0 heterocycles. The van der Waals surface area contributed by atoms with E-state index >= 15 is 0 Å². The molecule has 0 bridgehead atoms. The van der Waals surface area contributed by atoms with Gasteiger partial charge in [-0.05, 0) is 30.5 Å². The number of hydrogen-bond acceptors (Lipinski definition) is 1. The second kappa shape index (κ2) is 5.30. The highest BCUT2D eigenvalue weighted by molar-refractivity contribution is 5.76. The van der Waals surface area contributed by atoms with Gasteiger partial charge in [0, 0.05) is 18.4 Å². The molecule has 1 fully saturated rings. The summed E-state index contributed by atoms with van der Waals surface area (Å²) in [5.74, 6) is 0.220. The number of carbonyl (C=O) groups excluding carboxylic acids is 1. The number of carbonyl (C=O) groups is 1. The van der Waals surface area contributed by atoms with Gasteiger partial charge in [-0.25, -0.2) is 4.39 Å². The van der Waals surface area contributed by atoms with E-state index in [0.717, 1.165) is 24.8 Å². The monoisotopic (exact) mass is 235 g/mol. The van der Waals surface area contributed by atoms with E-state index in [0.29, 0.717) is 12.3 Å². The molecule has 0 aromatic heterocycles. The highest BCUT2D eigenvalue weighted by atomic mass is 19.1. The third-order valence-corrected chi connectivity index (χ3v) is 3.17. The van der Waals surface area contributed by atoms with Gasteiger partial charge in [-0.2, -0.15) is 0 Å². The maximum absolute atomic E-state index is 13.0. The Kier molecular flexibility index (Phi) is 3.77. The van der Waals surface area contributed by atoms with Crippen molar-refractivity contribution in [3.63, 3.8) is 0 Å². The third kappa shape index (κ3) is 3.29. The van der Waals surface area contributed by atoms with Crippen molar-refractivity contribution in [3.8, 4) is 0 Å². The lowest BCUT2D eigenvalue weighted by Gasteiger charge is -2.04. The molecule has 2 atom stereocenters. The smallest absolute Gasteiger partial charge is 0.220 e. The lowest BCUT2D eigenvalue weighted by molar-refractivity contribution is -0.121. The van der Waals surface area contributed by atoms with Crippen LogP contribution < -0.4 is 5.32 Å². The van der Waals surface area contributed by atoms with E-state index in [2.05, 4.69) is 12.2 Å². The van der Waals surface area contributed by atoms with Crippen LogP contribution in [0.2, 0.25) is 0 Å². The maximum atomic E-state index is 13.0. The predicted octanol–water partition coefficient (Wildman–Crippen LogP) is 2.99. The third-order valence-electron chi connectivity index (χ3n) is 3.17. The van der Waals surface area contributed by atoms with Crippen LogP contribution in [-0.2, 0) is 4.79 Å². The van der Waals surface area contributed by atoms with Crippen molar-refractivity contribution < 1.29 is 9.18 Å². The molecule has 0 radical (unpaired) electrons. The summed E-state index contributed by atoms with van der Waals surface area (Å²) in [5.41, 5.74) is 0.991. The summed E-state index contributed by atoms with van der Waals surface area (Å²) >= 11 is 0. The zero-order valence-electron chi connectivity index (χ0n) is 10.1. The fourth-order valence-electron chi connectivity index (χ4n) is 2.08. The standard InChI is InChI=1S/C14H18FNO/c1-2-3-7-14(17)16-13-9-12(13)10-5-4-6-11(15)8-10/h4-6,8,12-13H,2-3,7,9H2,1H3,(H,16,17)/t12-,13-/m1/s1. The van der Waals surface area contributed by atoms with Crippen LogP contribution in [-0.4, -0.2) is 11.9 Å². The van der Waals surface area contributed by atoms with Gasteiger partial charge in [-0.15, -0.1) is 0 Å². The van der Waals surface area contributed by atoms with Crippen molar-refractivity contribution in [1.29, 1.82) is 0 Å². The quantitative estimate of drug-likeness (QED) is 0.835. The molecule has 1 amide bonds. The van der Waals surface area contributed by atoms with Crippen LogP contribution in [0.15, 0.2) is 24.3 Å². The molecule has 1 aliphatic rings. The SMILES string of the molecule is CCCCC(=O)N[C@@H]1C[C@@H]1c1cccc(F)c1. The normalized spacial score (nSPS) is 22.2. The van der Waals surface area contributed by atoms with Crippen LogP contribution in [0, 0.1) is 5.82 Å². The minimum atomic E-state index is -0.203. The molecule has 0 spiro atoms. The summed E-state index contributed by atoms with van der Waals surface area (Å²) in [6.07, 6.45) is 3.50. The number of halogens is 1. The van der Waals surface area contributed by atoms with Crippen LogP contribution in [0.4, 0.5) is 4.39 Å². The fraction of sp³-hybridized carbons (Fsp3) is 0.500. The summed E-state index contributed by atoms with van der Waals surface area (Å²) in [6.45, 7) is 2.07. The Balaban J connectivity index is 1.82. The first-order chi connectivity index (χ1) is 8.20. The predicted molar refractivity (Wildman–Crippen MR) is 65.2 cm³/mol. The second-order valence-corrected chi connectivity index (χ2v) is 4.67. The van der Waals surface area contributed by atoms with Gasteiger partial charge in [-0.1, -0.05) is 25.5 Å². The van der Waals surface area contributed by atoms with Gasteiger partial charge in [0.05, 0.1) is 0 Å². The summed E-state index contributed by atoms with van der Waals surface area (Å²) in [5, 5.41) is 3.00. The second-order valence-electron chi connectivity index (χ2n) is 4.67. The summed E-state index contributed by atoms with van der Waals surface area (Å²) in [7, 11) is 0. The maximum Gasteiger partial charge on any atom is 0.220 e. The molecule has 2 nitrogen and oxygen atoms in total. The van der Waals surface area contributed by atoms with Gasteiger partial charge >= 0.3 is 0 Å². The van der Waals surface area contributed by atoms with Gasteiger partial charge in [0.1, 0.15) is 5.82 Å². The van der Waals surface area contributed by atoms with Crippen molar-refractivity contribution in [2.45, 2.75) is 44.6 Å². The molecular formula is C14H18FNO. The van der Waals surface area contributed by atoms with Crippen molar-refractivity contribution in [2.24, 2.45) is 0 Å². The van der Waals surface area contributed by atoms with Crippen molar-refractivity contribution in [2.75, 3.05) is 0 Å². The Labute approximate surface area is 101 Å². The molecule has 92 valence electrons. The van der Waals surface area contributed by atoms with Crippen LogP contribution >= 0.6 is 0 Å². The molecule has 1 saturated carbocycles. The number of hydrogen-bond donors (Lipinski definition) is 1. The average molecular weight is 235 g/mol. The fourth-order valence-corrected chi connectivity index (χ4v) is 2.08. The van der Waals surface area contributed by atoms with E-state index in [4.69, 9.17) is 0 Å². The zero-order chi connectivity index (χ0) is 12.3. The van der Waals surface area contributed by atoms with Gasteiger partial charge in [0.15, 0.2) is 0 Å². The zero-order valence-corrected chi connectivity index (χ0v) is 10.1. The topological polar surface area (TPSA) is 29.1 Å². The number of rotatable bonds is 5. The summed E-state index contributed by atoms with van der Waals surface area (Å²) in [4.78, 5) is 11.5. The Hall–Kier alpha value is -1.38. The van der Waals surface area contributed by atoms with Gasteiger partial charge in [0.25, 0.3) is 0 Å². The molecular weight excluding hydrogens is 217 g/mol. The van der Waals surface area contributed by atoms with Crippen molar-refractivity contribution in [3.05, 3.63) is 35.6 Å². The first-order valence-corrected chi connectivity index (χ1v) is 6.25. The molecule has 0 unspecified atom stereocenters. The van der Waals surface area contributed by atoms with Gasteiger partial charge in [0.2, 0.25) is 5.91 Å². The van der Waals surface area contributed by atoms with E-state index in [-0.39, 0.29) is 17.8 Å². The van der Waals surface area contributed by atoms with Gasteiger partial charge < -0.3 is 5.32 Å². The highest BCUT2D eigenvalue weighted by Gasteiger charge is 2.39. The van der Waals surface area contributed by atoms with Crippen LogP contribution in [0.5, 0.6) is 0 Å². The molecule has 0 aliphatic heterocycles. The largest absolute Gasteiger partial charge is 0.353 e. The minimum absolute atomic E-state index is 0.121.